The number of rotatable bonds is 2. The van der Waals surface area contributed by atoms with Crippen molar-refractivity contribution in [2.75, 3.05) is 25.5 Å². The molecule has 2 N–H and O–H groups in total. The van der Waals surface area contributed by atoms with Crippen molar-refractivity contribution in [3.05, 3.63) is 28.7 Å². The van der Waals surface area contributed by atoms with E-state index in [1.165, 1.54) is 0 Å². The van der Waals surface area contributed by atoms with Crippen molar-refractivity contribution in [2.24, 2.45) is 11.3 Å². The Kier molecular flexibility index (Phi) is 4.62. The molecule has 2 fully saturated rings. The molecule has 1 atom stereocenters. The first kappa shape index (κ1) is 16.3. The SMILES string of the molecule is CNC(=O)[C@H]1CN(C(=O)Nc2ccc(Br)cc2)CC12CCCC2. The Hall–Kier alpha value is -1.56. The van der Waals surface area contributed by atoms with Gasteiger partial charge >= 0.3 is 6.03 Å². The number of anilines is 1. The maximum Gasteiger partial charge on any atom is 0.321 e. The average molecular weight is 380 g/mol. The molecule has 1 aliphatic heterocycles. The van der Waals surface area contributed by atoms with Crippen molar-refractivity contribution in [3.8, 4) is 0 Å². The van der Waals surface area contributed by atoms with Crippen LogP contribution in [-0.2, 0) is 4.79 Å². The number of hydrogen-bond acceptors (Lipinski definition) is 2. The molecule has 6 heteroatoms. The minimum atomic E-state index is -0.120. The second-order valence-corrected chi connectivity index (χ2v) is 7.47. The zero-order valence-electron chi connectivity index (χ0n) is 13.3. The normalized spacial score (nSPS) is 22.3. The van der Waals surface area contributed by atoms with Gasteiger partial charge in [0.15, 0.2) is 0 Å². The van der Waals surface area contributed by atoms with Gasteiger partial charge in [-0.3, -0.25) is 4.79 Å². The molecule has 1 saturated carbocycles. The van der Waals surface area contributed by atoms with E-state index in [1.807, 2.05) is 24.3 Å². The Morgan fingerprint density at radius 2 is 1.87 bits per heavy atom. The molecule has 5 nitrogen and oxygen atoms in total. The van der Waals surface area contributed by atoms with Crippen LogP contribution < -0.4 is 10.6 Å². The first-order valence-corrected chi connectivity index (χ1v) is 8.86. The van der Waals surface area contributed by atoms with Crippen molar-refractivity contribution in [2.45, 2.75) is 25.7 Å². The molecule has 0 radical (unpaired) electrons. The van der Waals surface area contributed by atoms with Gasteiger partial charge in [0.25, 0.3) is 0 Å². The quantitative estimate of drug-likeness (QED) is 0.828. The van der Waals surface area contributed by atoms with E-state index in [4.69, 9.17) is 0 Å². The minimum absolute atomic E-state index is 0.0306. The first-order valence-electron chi connectivity index (χ1n) is 8.07. The van der Waals surface area contributed by atoms with E-state index in [9.17, 15) is 9.59 Å². The van der Waals surface area contributed by atoms with Crippen molar-refractivity contribution in [1.82, 2.24) is 10.2 Å². The van der Waals surface area contributed by atoms with Crippen LogP contribution in [0, 0.1) is 11.3 Å². The van der Waals surface area contributed by atoms with Crippen molar-refractivity contribution in [3.63, 3.8) is 0 Å². The summed E-state index contributed by atoms with van der Waals surface area (Å²) in [4.78, 5) is 26.6. The Balaban J connectivity index is 1.72. The van der Waals surface area contributed by atoms with Gasteiger partial charge in [-0.05, 0) is 37.1 Å². The number of likely N-dealkylation sites (tertiary alicyclic amines) is 1. The van der Waals surface area contributed by atoms with Crippen LogP contribution in [0.3, 0.4) is 0 Å². The Morgan fingerprint density at radius 1 is 1.22 bits per heavy atom. The molecule has 1 aromatic rings. The van der Waals surface area contributed by atoms with Gasteiger partial charge in [-0.2, -0.15) is 0 Å². The number of hydrogen-bond donors (Lipinski definition) is 2. The summed E-state index contributed by atoms with van der Waals surface area (Å²) in [5.41, 5.74) is 0.735. The number of benzene rings is 1. The lowest BCUT2D eigenvalue weighted by molar-refractivity contribution is -0.127. The molecule has 0 aromatic heterocycles. The summed E-state index contributed by atoms with van der Waals surface area (Å²) < 4.78 is 0.973. The van der Waals surface area contributed by atoms with Crippen LogP contribution in [0.4, 0.5) is 10.5 Å². The highest BCUT2D eigenvalue weighted by Gasteiger charge is 2.52. The fourth-order valence-corrected chi connectivity index (χ4v) is 4.24. The van der Waals surface area contributed by atoms with E-state index in [1.54, 1.807) is 11.9 Å². The summed E-state index contributed by atoms with van der Waals surface area (Å²) in [6.45, 7) is 1.18. The lowest BCUT2D eigenvalue weighted by Crippen LogP contribution is -2.38. The number of halogens is 1. The second kappa shape index (κ2) is 6.51. The van der Waals surface area contributed by atoms with Crippen LogP contribution in [0.1, 0.15) is 25.7 Å². The van der Waals surface area contributed by atoms with E-state index in [0.717, 1.165) is 35.8 Å². The molecular weight excluding hydrogens is 358 g/mol. The zero-order chi connectivity index (χ0) is 16.4. The van der Waals surface area contributed by atoms with Crippen LogP contribution in [0.15, 0.2) is 28.7 Å². The van der Waals surface area contributed by atoms with Crippen LogP contribution in [-0.4, -0.2) is 37.0 Å². The smallest absolute Gasteiger partial charge is 0.321 e. The summed E-state index contributed by atoms with van der Waals surface area (Å²) in [6.07, 6.45) is 4.37. The summed E-state index contributed by atoms with van der Waals surface area (Å²) in [5, 5.41) is 5.70. The molecule has 2 aliphatic rings. The first-order chi connectivity index (χ1) is 11.0. The third-order valence-corrected chi connectivity index (χ3v) is 5.72. The molecule has 3 amide bonds. The predicted octanol–water partition coefficient (Wildman–Crippen LogP) is 3.22. The molecule has 3 rings (SSSR count). The third kappa shape index (κ3) is 3.22. The Labute approximate surface area is 144 Å². The zero-order valence-corrected chi connectivity index (χ0v) is 14.9. The van der Waals surface area contributed by atoms with Crippen LogP contribution in [0.2, 0.25) is 0 Å². The molecule has 1 aliphatic carbocycles. The van der Waals surface area contributed by atoms with Gasteiger partial charge in [-0.25, -0.2) is 4.79 Å². The Morgan fingerprint density at radius 3 is 2.48 bits per heavy atom. The van der Waals surface area contributed by atoms with Gasteiger partial charge in [-0.1, -0.05) is 28.8 Å². The van der Waals surface area contributed by atoms with Crippen molar-refractivity contribution in [1.29, 1.82) is 0 Å². The van der Waals surface area contributed by atoms with Crippen LogP contribution >= 0.6 is 15.9 Å². The molecule has 1 spiro atoms. The molecule has 0 bridgehead atoms. The highest BCUT2D eigenvalue weighted by Crippen LogP contribution is 2.49. The lowest BCUT2D eigenvalue weighted by Gasteiger charge is -2.28. The minimum Gasteiger partial charge on any atom is -0.359 e. The van der Waals surface area contributed by atoms with E-state index in [2.05, 4.69) is 26.6 Å². The van der Waals surface area contributed by atoms with Gasteiger partial charge in [-0.15, -0.1) is 0 Å². The van der Waals surface area contributed by atoms with Gasteiger partial charge < -0.3 is 15.5 Å². The second-order valence-electron chi connectivity index (χ2n) is 6.55. The van der Waals surface area contributed by atoms with E-state index in [0.29, 0.717) is 13.1 Å². The third-order valence-electron chi connectivity index (χ3n) is 5.19. The van der Waals surface area contributed by atoms with Gasteiger partial charge in [0.2, 0.25) is 5.91 Å². The number of amides is 3. The van der Waals surface area contributed by atoms with E-state index in [-0.39, 0.29) is 23.3 Å². The molecule has 124 valence electrons. The summed E-state index contributed by atoms with van der Waals surface area (Å²) >= 11 is 3.38. The number of nitrogens with one attached hydrogen (secondary N) is 2. The van der Waals surface area contributed by atoms with E-state index < -0.39 is 0 Å². The topological polar surface area (TPSA) is 61.4 Å². The van der Waals surface area contributed by atoms with Gasteiger partial charge in [0.05, 0.1) is 5.92 Å². The molecule has 23 heavy (non-hydrogen) atoms. The molecule has 1 heterocycles. The fraction of sp³-hybridized carbons (Fsp3) is 0.529. The number of carbonyl (C=O) groups excluding carboxylic acids is 2. The highest BCUT2D eigenvalue weighted by molar-refractivity contribution is 9.10. The number of urea groups is 1. The van der Waals surface area contributed by atoms with Gasteiger partial charge in [0, 0.05) is 35.7 Å². The molecule has 1 aromatic carbocycles. The Bertz CT molecular complexity index is 596. The maximum absolute atomic E-state index is 12.6. The summed E-state index contributed by atoms with van der Waals surface area (Å²) in [6, 6.07) is 7.39. The monoisotopic (exact) mass is 379 g/mol. The maximum atomic E-state index is 12.6. The van der Waals surface area contributed by atoms with Crippen molar-refractivity contribution < 1.29 is 9.59 Å². The highest BCUT2D eigenvalue weighted by atomic mass is 79.9. The standard InChI is InChI=1S/C17H22BrN3O2/c1-19-15(22)14-10-21(11-17(14)8-2-3-9-17)16(23)20-13-6-4-12(18)5-7-13/h4-7,14H,2-3,8-11H2,1H3,(H,19,22)(H,20,23)/t14-/m1/s1. The van der Waals surface area contributed by atoms with Crippen LogP contribution in [0.25, 0.3) is 0 Å². The average Bonchev–Trinajstić information content (AvgIpc) is 3.17. The summed E-state index contributed by atoms with van der Waals surface area (Å²) in [7, 11) is 1.68. The fourth-order valence-electron chi connectivity index (χ4n) is 3.98. The summed E-state index contributed by atoms with van der Waals surface area (Å²) in [5.74, 6) is -0.0310. The largest absolute Gasteiger partial charge is 0.359 e. The molecule has 1 saturated heterocycles. The van der Waals surface area contributed by atoms with Crippen LogP contribution in [0.5, 0.6) is 0 Å². The number of carbonyl (C=O) groups is 2. The van der Waals surface area contributed by atoms with Gasteiger partial charge in [0.1, 0.15) is 0 Å². The van der Waals surface area contributed by atoms with E-state index >= 15 is 0 Å². The molecular formula is C17H22BrN3O2. The molecule has 0 unspecified atom stereocenters. The lowest BCUT2D eigenvalue weighted by atomic mass is 9.76. The number of nitrogens with zero attached hydrogens (tertiary/aromatic N) is 1. The predicted molar refractivity (Wildman–Crippen MR) is 93.2 cm³/mol. The van der Waals surface area contributed by atoms with Crippen molar-refractivity contribution >= 4 is 33.6 Å².